The molecule has 0 saturated heterocycles. The van der Waals surface area contributed by atoms with Crippen molar-refractivity contribution < 1.29 is 0 Å². The number of aromatic nitrogens is 3. The predicted octanol–water partition coefficient (Wildman–Crippen LogP) is 3.42. The molecule has 3 rings (SSSR count). The SMILES string of the molecule is Cc1ccnc2nc(C3C(C)(C)C3(C)C)[nH]c12. The average molecular weight is 229 g/mol. The fourth-order valence-electron chi connectivity index (χ4n) is 3.07. The van der Waals surface area contributed by atoms with Gasteiger partial charge in [-0.2, -0.15) is 0 Å². The third kappa shape index (κ3) is 1.22. The van der Waals surface area contributed by atoms with Crippen LogP contribution in [0.5, 0.6) is 0 Å². The predicted molar refractivity (Wildman–Crippen MR) is 68.9 cm³/mol. The van der Waals surface area contributed by atoms with Crippen molar-refractivity contribution in [1.82, 2.24) is 15.0 Å². The number of rotatable bonds is 1. The number of aromatic amines is 1. The molecule has 2 aromatic heterocycles. The Hall–Kier alpha value is -1.38. The lowest BCUT2D eigenvalue weighted by Crippen LogP contribution is -1.95. The Morgan fingerprint density at radius 3 is 2.35 bits per heavy atom. The van der Waals surface area contributed by atoms with Crippen LogP contribution in [0.3, 0.4) is 0 Å². The maximum atomic E-state index is 4.66. The second-order valence-corrected chi connectivity index (χ2v) is 6.32. The van der Waals surface area contributed by atoms with E-state index in [1.807, 2.05) is 12.3 Å². The molecule has 1 fully saturated rings. The molecule has 2 aromatic rings. The van der Waals surface area contributed by atoms with Gasteiger partial charge in [-0.3, -0.25) is 0 Å². The Labute approximate surface area is 102 Å². The lowest BCUT2D eigenvalue weighted by Gasteiger charge is -2.03. The molecule has 0 bridgehead atoms. The maximum Gasteiger partial charge on any atom is 0.177 e. The van der Waals surface area contributed by atoms with E-state index in [2.05, 4.69) is 49.6 Å². The van der Waals surface area contributed by atoms with Crippen LogP contribution in [0.25, 0.3) is 11.2 Å². The number of pyridine rings is 1. The van der Waals surface area contributed by atoms with Crippen LogP contribution >= 0.6 is 0 Å². The molecule has 17 heavy (non-hydrogen) atoms. The van der Waals surface area contributed by atoms with Gasteiger partial charge >= 0.3 is 0 Å². The van der Waals surface area contributed by atoms with Gasteiger partial charge in [-0.15, -0.1) is 0 Å². The summed E-state index contributed by atoms with van der Waals surface area (Å²) >= 11 is 0. The Kier molecular flexibility index (Phi) is 1.83. The molecule has 2 heterocycles. The van der Waals surface area contributed by atoms with Crippen molar-refractivity contribution in [2.75, 3.05) is 0 Å². The van der Waals surface area contributed by atoms with Gasteiger partial charge < -0.3 is 4.98 Å². The standard InChI is InChI=1S/C14H19N3/c1-8-6-7-15-11-9(8)16-12(17-11)10-13(2,3)14(10,4)5/h6-7,10H,1-5H3,(H,15,16,17). The Bertz CT molecular complexity index is 579. The Balaban J connectivity index is 2.13. The minimum atomic E-state index is 0.314. The minimum absolute atomic E-state index is 0.314. The van der Waals surface area contributed by atoms with Crippen LogP contribution in [0.4, 0.5) is 0 Å². The first-order valence-corrected chi connectivity index (χ1v) is 6.17. The van der Waals surface area contributed by atoms with E-state index in [-0.39, 0.29) is 0 Å². The zero-order valence-electron chi connectivity index (χ0n) is 11.1. The molecule has 0 amide bonds. The van der Waals surface area contributed by atoms with Crippen LogP contribution in [-0.4, -0.2) is 15.0 Å². The summed E-state index contributed by atoms with van der Waals surface area (Å²) in [5.74, 6) is 1.60. The molecular formula is C14H19N3. The van der Waals surface area contributed by atoms with Crippen molar-refractivity contribution in [3.63, 3.8) is 0 Å². The van der Waals surface area contributed by atoms with Gasteiger partial charge in [-0.1, -0.05) is 27.7 Å². The van der Waals surface area contributed by atoms with Crippen molar-refractivity contribution in [1.29, 1.82) is 0 Å². The third-order valence-corrected chi connectivity index (χ3v) is 4.91. The molecule has 0 unspecified atom stereocenters. The van der Waals surface area contributed by atoms with E-state index < -0.39 is 0 Å². The third-order valence-electron chi connectivity index (χ3n) is 4.91. The van der Waals surface area contributed by atoms with Crippen LogP contribution in [0.1, 0.15) is 45.0 Å². The second-order valence-electron chi connectivity index (χ2n) is 6.32. The van der Waals surface area contributed by atoms with E-state index in [0.29, 0.717) is 16.7 Å². The first kappa shape index (κ1) is 10.8. The van der Waals surface area contributed by atoms with Gasteiger partial charge in [0.1, 0.15) is 5.82 Å². The van der Waals surface area contributed by atoms with Crippen LogP contribution < -0.4 is 0 Å². The monoisotopic (exact) mass is 229 g/mol. The van der Waals surface area contributed by atoms with Gasteiger partial charge in [0.25, 0.3) is 0 Å². The summed E-state index contributed by atoms with van der Waals surface area (Å²) in [5, 5.41) is 0. The molecule has 0 aromatic carbocycles. The van der Waals surface area contributed by atoms with E-state index >= 15 is 0 Å². The summed E-state index contributed by atoms with van der Waals surface area (Å²) in [7, 11) is 0. The highest BCUT2D eigenvalue weighted by molar-refractivity contribution is 5.74. The molecule has 90 valence electrons. The van der Waals surface area contributed by atoms with E-state index in [0.717, 1.165) is 17.0 Å². The van der Waals surface area contributed by atoms with E-state index in [9.17, 15) is 0 Å². The summed E-state index contributed by atoms with van der Waals surface area (Å²) in [5.41, 5.74) is 3.77. The van der Waals surface area contributed by atoms with Gasteiger partial charge in [0.2, 0.25) is 0 Å². The van der Waals surface area contributed by atoms with Crippen LogP contribution in [0, 0.1) is 17.8 Å². The number of hydrogen-bond donors (Lipinski definition) is 1. The fourth-order valence-corrected chi connectivity index (χ4v) is 3.07. The molecule has 1 aliphatic rings. The summed E-state index contributed by atoms with van der Waals surface area (Å²) in [6.45, 7) is 11.3. The highest BCUT2D eigenvalue weighted by Gasteiger charge is 2.66. The van der Waals surface area contributed by atoms with Crippen LogP contribution in [0.2, 0.25) is 0 Å². The summed E-state index contributed by atoms with van der Waals surface area (Å²) in [6, 6.07) is 2.02. The lowest BCUT2D eigenvalue weighted by atomic mass is 10.0. The number of H-pyrrole nitrogens is 1. The van der Waals surface area contributed by atoms with Gasteiger partial charge in [0.15, 0.2) is 5.65 Å². The van der Waals surface area contributed by atoms with Gasteiger partial charge in [-0.25, -0.2) is 9.97 Å². The molecule has 3 heteroatoms. The van der Waals surface area contributed by atoms with Gasteiger partial charge in [0, 0.05) is 12.1 Å². The van der Waals surface area contributed by atoms with Crippen molar-refractivity contribution in [3.05, 3.63) is 23.7 Å². The van der Waals surface area contributed by atoms with Crippen molar-refractivity contribution >= 4 is 11.2 Å². The summed E-state index contributed by atoms with van der Waals surface area (Å²) in [4.78, 5) is 12.4. The molecule has 0 atom stereocenters. The molecule has 1 N–H and O–H groups in total. The largest absolute Gasteiger partial charge is 0.340 e. The quantitative estimate of drug-likeness (QED) is 0.814. The zero-order valence-corrected chi connectivity index (χ0v) is 11.1. The Morgan fingerprint density at radius 1 is 1.18 bits per heavy atom. The zero-order chi connectivity index (χ0) is 12.4. The summed E-state index contributed by atoms with van der Waals surface area (Å²) < 4.78 is 0. The molecule has 1 saturated carbocycles. The fraction of sp³-hybridized carbons (Fsp3) is 0.571. The first-order valence-electron chi connectivity index (χ1n) is 6.17. The highest BCUT2D eigenvalue weighted by atomic mass is 15.0. The molecule has 0 radical (unpaired) electrons. The number of nitrogens with one attached hydrogen (secondary N) is 1. The van der Waals surface area contributed by atoms with Gasteiger partial charge in [-0.05, 0) is 29.4 Å². The van der Waals surface area contributed by atoms with Crippen LogP contribution in [0.15, 0.2) is 12.3 Å². The average Bonchev–Trinajstić information content (AvgIpc) is 2.59. The van der Waals surface area contributed by atoms with Crippen LogP contribution in [-0.2, 0) is 0 Å². The number of nitrogens with zero attached hydrogens (tertiary/aromatic N) is 2. The van der Waals surface area contributed by atoms with E-state index in [1.165, 1.54) is 5.56 Å². The molecule has 1 aliphatic carbocycles. The van der Waals surface area contributed by atoms with Crippen molar-refractivity contribution in [2.24, 2.45) is 10.8 Å². The number of aryl methyl sites for hydroxylation is 1. The van der Waals surface area contributed by atoms with E-state index in [4.69, 9.17) is 0 Å². The smallest absolute Gasteiger partial charge is 0.177 e. The maximum absolute atomic E-state index is 4.66. The molecule has 0 spiro atoms. The minimum Gasteiger partial charge on any atom is -0.340 e. The second kappa shape index (κ2) is 2.89. The molecular weight excluding hydrogens is 210 g/mol. The summed E-state index contributed by atoms with van der Waals surface area (Å²) in [6.07, 6.45) is 1.82. The first-order chi connectivity index (χ1) is 7.85. The van der Waals surface area contributed by atoms with E-state index in [1.54, 1.807) is 0 Å². The van der Waals surface area contributed by atoms with Gasteiger partial charge in [0.05, 0.1) is 5.52 Å². The Morgan fingerprint density at radius 2 is 1.82 bits per heavy atom. The number of hydrogen-bond acceptors (Lipinski definition) is 2. The normalized spacial score (nSPS) is 21.9. The molecule has 0 aliphatic heterocycles. The topological polar surface area (TPSA) is 41.6 Å². The van der Waals surface area contributed by atoms with Crippen molar-refractivity contribution in [2.45, 2.75) is 40.5 Å². The highest BCUT2D eigenvalue weighted by Crippen LogP contribution is 2.73. The number of fused-ring (bicyclic) bond motifs is 1. The number of imidazole rings is 1. The van der Waals surface area contributed by atoms with Crippen molar-refractivity contribution in [3.8, 4) is 0 Å². The lowest BCUT2D eigenvalue weighted by molar-refractivity contribution is 0.457. The molecule has 3 nitrogen and oxygen atoms in total.